The third-order valence-corrected chi connectivity index (χ3v) is 8.10. The number of nitrogens with one attached hydrogen (secondary N) is 1. The molecule has 1 saturated heterocycles. The molecule has 34 heavy (non-hydrogen) atoms. The number of nitrogens with zero attached hydrogens (tertiary/aromatic N) is 3. The van der Waals surface area contributed by atoms with Crippen LogP contribution in [0.1, 0.15) is 38.8 Å². The number of aliphatic hydroxyl groups is 2. The predicted octanol–water partition coefficient (Wildman–Crippen LogP) is 1.62. The van der Waals surface area contributed by atoms with Gasteiger partial charge in [-0.3, -0.25) is 4.57 Å². The largest absolute Gasteiger partial charge is 0.387 e. The van der Waals surface area contributed by atoms with E-state index in [4.69, 9.17) is 25.8 Å². The van der Waals surface area contributed by atoms with Crippen LogP contribution in [0.25, 0.3) is 11.0 Å². The van der Waals surface area contributed by atoms with E-state index in [1.807, 2.05) is 0 Å². The van der Waals surface area contributed by atoms with Crippen molar-refractivity contribution in [1.29, 1.82) is 0 Å². The summed E-state index contributed by atoms with van der Waals surface area (Å²) in [6, 6.07) is 2.06. The van der Waals surface area contributed by atoms with Gasteiger partial charge in [0.2, 0.25) is 0 Å². The van der Waals surface area contributed by atoms with E-state index in [1.165, 1.54) is 18.7 Å². The first-order chi connectivity index (χ1) is 16.0. The van der Waals surface area contributed by atoms with Gasteiger partial charge in [0.05, 0.1) is 30.5 Å². The van der Waals surface area contributed by atoms with E-state index in [2.05, 4.69) is 15.4 Å². The molecule has 2 aromatic rings. The van der Waals surface area contributed by atoms with Crippen molar-refractivity contribution in [2.75, 3.05) is 25.6 Å². The maximum Gasteiger partial charge on any atom is 0.359 e. The molecule has 12 nitrogen and oxygen atoms in total. The number of methoxy groups -OCH3 is 1. The number of hydrogen-bond donors (Lipinski definition) is 5. The van der Waals surface area contributed by atoms with Crippen LogP contribution >= 0.6 is 19.2 Å². The van der Waals surface area contributed by atoms with Crippen molar-refractivity contribution in [2.45, 2.75) is 68.5 Å². The molecule has 1 aliphatic carbocycles. The van der Waals surface area contributed by atoms with Crippen molar-refractivity contribution < 1.29 is 38.8 Å². The number of fused-ring (bicyclic) bond motifs is 1. The zero-order valence-corrected chi connectivity index (χ0v) is 20.5. The first-order valence-corrected chi connectivity index (χ1v) is 13.0. The molecule has 190 valence electrons. The van der Waals surface area contributed by atoms with Crippen LogP contribution < -0.4 is 5.32 Å². The topological polar surface area (TPSA) is 168 Å². The van der Waals surface area contributed by atoms with Gasteiger partial charge in [0.25, 0.3) is 0 Å². The standard InChI is InChI=1S/C20H30ClN4O8P/c1-20(10-31-2,34(28,29)30)32-9-14-16(26)17(27)19(33-14)25-18-12(8-22-25)13(7-15(21)24-18)23-11-5-3-4-6-11/h7-8,11,14,16-17,19,26-27H,3-6,9-10H2,1-2H3,(H,23,24)(H2,28,29,30)/t14-,16-,17-,19-,20+/m1/s1. The summed E-state index contributed by atoms with van der Waals surface area (Å²) in [5.41, 5.74) is 1.14. The number of aromatic nitrogens is 3. The first-order valence-electron chi connectivity index (χ1n) is 11.0. The zero-order chi connectivity index (χ0) is 24.7. The monoisotopic (exact) mass is 520 g/mol. The van der Waals surface area contributed by atoms with Crippen LogP contribution in [-0.4, -0.2) is 84.8 Å². The Morgan fingerprint density at radius 3 is 2.68 bits per heavy atom. The summed E-state index contributed by atoms with van der Waals surface area (Å²) < 4.78 is 29.4. The Hall–Kier alpha value is -1.34. The van der Waals surface area contributed by atoms with E-state index < -0.39 is 44.1 Å². The number of ether oxygens (including phenoxy) is 3. The summed E-state index contributed by atoms with van der Waals surface area (Å²) in [5, 5.41) is 28.0. The fraction of sp³-hybridized carbons (Fsp3) is 0.700. The molecular formula is C20H30ClN4O8P. The molecule has 5 atom stereocenters. The highest BCUT2D eigenvalue weighted by atomic mass is 35.5. The minimum Gasteiger partial charge on any atom is -0.387 e. The van der Waals surface area contributed by atoms with Gasteiger partial charge in [0.15, 0.2) is 17.2 Å². The van der Waals surface area contributed by atoms with E-state index in [0.29, 0.717) is 17.1 Å². The van der Waals surface area contributed by atoms with E-state index >= 15 is 0 Å². The third kappa shape index (κ3) is 4.97. The molecule has 4 rings (SSSR count). The van der Waals surface area contributed by atoms with Gasteiger partial charge in [-0.15, -0.1) is 0 Å². The molecule has 3 heterocycles. The average molecular weight is 521 g/mol. The lowest BCUT2D eigenvalue weighted by atomic mass is 10.1. The Morgan fingerprint density at radius 1 is 1.32 bits per heavy atom. The zero-order valence-electron chi connectivity index (χ0n) is 18.9. The Morgan fingerprint density at radius 2 is 2.03 bits per heavy atom. The summed E-state index contributed by atoms with van der Waals surface area (Å²) in [4.78, 5) is 23.6. The minimum absolute atomic E-state index is 0.236. The molecule has 0 unspecified atom stereocenters. The highest BCUT2D eigenvalue weighted by Gasteiger charge is 2.49. The number of anilines is 1. The van der Waals surface area contributed by atoms with E-state index in [9.17, 15) is 24.6 Å². The van der Waals surface area contributed by atoms with Gasteiger partial charge in [-0.25, -0.2) is 9.67 Å². The van der Waals surface area contributed by atoms with Gasteiger partial charge in [-0.2, -0.15) is 5.10 Å². The number of rotatable bonds is 9. The summed E-state index contributed by atoms with van der Waals surface area (Å²) in [5.74, 6) is 0. The number of pyridine rings is 1. The SMILES string of the molecule is COC[C@@](C)(OC[C@H]1O[C@@H](n2ncc3c(NC4CCCC4)cc(Cl)nc32)[C@H](O)[C@@H]1O)P(=O)(O)O. The van der Waals surface area contributed by atoms with E-state index in [-0.39, 0.29) is 11.8 Å². The second-order valence-corrected chi connectivity index (χ2v) is 11.4. The lowest BCUT2D eigenvalue weighted by Gasteiger charge is -2.31. The highest BCUT2D eigenvalue weighted by Crippen LogP contribution is 2.51. The lowest BCUT2D eigenvalue weighted by molar-refractivity contribution is -0.107. The summed E-state index contributed by atoms with van der Waals surface area (Å²) in [7, 11) is -3.43. The molecule has 2 aromatic heterocycles. The maximum atomic E-state index is 11.9. The van der Waals surface area contributed by atoms with Crippen molar-refractivity contribution in [3.05, 3.63) is 17.4 Å². The Bertz CT molecular complexity index is 1060. The van der Waals surface area contributed by atoms with Gasteiger partial charge in [-0.05, 0) is 25.8 Å². The maximum absolute atomic E-state index is 11.9. The van der Waals surface area contributed by atoms with Crippen LogP contribution in [0.2, 0.25) is 5.15 Å². The second kappa shape index (κ2) is 9.96. The van der Waals surface area contributed by atoms with Crippen LogP contribution in [0.4, 0.5) is 5.69 Å². The van der Waals surface area contributed by atoms with Crippen molar-refractivity contribution in [3.63, 3.8) is 0 Å². The highest BCUT2D eigenvalue weighted by molar-refractivity contribution is 7.53. The van der Waals surface area contributed by atoms with Crippen LogP contribution in [0.3, 0.4) is 0 Å². The summed E-state index contributed by atoms with van der Waals surface area (Å²) >= 11 is 6.26. The van der Waals surface area contributed by atoms with Crippen LogP contribution in [0.5, 0.6) is 0 Å². The van der Waals surface area contributed by atoms with Crippen LogP contribution in [-0.2, 0) is 18.8 Å². The number of hydrogen-bond acceptors (Lipinski definition) is 9. The molecule has 0 amide bonds. The van der Waals surface area contributed by atoms with Gasteiger partial charge in [0, 0.05) is 13.2 Å². The molecule has 0 aromatic carbocycles. The molecule has 1 aliphatic heterocycles. The molecule has 0 spiro atoms. The van der Waals surface area contributed by atoms with Gasteiger partial charge in [-0.1, -0.05) is 24.4 Å². The average Bonchev–Trinajstić information content (AvgIpc) is 3.48. The molecule has 1 saturated carbocycles. The third-order valence-electron chi connectivity index (χ3n) is 6.42. The summed E-state index contributed by atoms with van der Waals surface area (Å²) in [6.45, 7) is 0.426. The smallest absolute Gasteiger partial charge is 0.359 e. The molecular weight excluding hydrogens is 491 g/mol. The molecule has 0 bridgehead atoms. The van der Waals surface area contributed by atoms with Crippen molar-refractivity contribution >= 4 is 35.9 Å². The fourth-order valence-electron chi connectivity index (χ4n) is 4.39. The van der Waals surface area contributed by atoms with Crippen molar-refractivity contribution in [2.24, 2.45) is 0 Å². The Kier molecular flexibility index (Phi) is 7.54. The minimum atomic E-state index is -4.71. The Balaban J connectivity index is 1.55. The first kappa shape index (κ1) is 25.7. The normalized spacial score (nSPS) is 28.0. The van der Waals surface area contributed by atoms with Crippen LogP contribution in [0, 0.1) is 0 Å². The molecule has 0 radical (unpaired) electrons. The predicted molar refractivity (Wildman–Crippen MR) is 123 cm³/mol. The van der Waals surface area contributed by atoms with Gasteiger partial charge >= 0.3 is 7.60 Å². The fourth-order valence-corrected chi connectivity index (χ4v) is 5.12. The van der Waals surface area contributed by atoms with E-state index in [1.54, 1.807) is 12.3 Å². The van der Waals surface area contributed by atoms with Gasteiger partial charge in [0.1, 0.15) is 23.5 Å². The number of aliphatic hydroxyl groups excluding tert-OH is 2. The molecule has 5 N–H and O–H groups in total. The van der Waals surface area contributed by atoms with Crippen LogP contribution in [0.15, 0.2) is 12.3 Å². The van der Waals surface area contributed by atoms with Gasteiger partial charge < -0.3 is 39.5 Å². The van der Waals surface area contributed by atoms with Crippen molar-refractivity contribution in [3.8, 4) is 0 Å². The number of halogens is 1. The van der Waals surface area contributed by atoms with E-state index in [0.717, 1.165) is 31.4 Å². The van der Waals surface area contributed by atoms with Crippen molar-refractivity contribution in [1.82, 2.24) is 14.8 Å². The molecule has 2 fully saturated rings. The lowest BCUT2D eigenvalue weighted by Crippen LogP contribution is -2.40. The second-order valence-electron chi connectivity index (χ2n) is 8.95. The molecule has 2 aliphatic rings. The quantitative estimate of drug-likeness (QED) is 0.240. The summed E-state index contributed by atoms with van der Waals surface area (Å²) in [6.07, 6.45) is 1.03. The Labute approximate surface area is 201 Å². The molecule has 14 heteroatoms.